The fourth-order valence-electron chi connectivity index (χ4n) is 2.10. The van der Waals surface area contributed by atoms with Gasteiger partial charge >= 0.3 is 0 Å². The SMILES string of the molecule is COc1cc(NC(=S)NCCc2ccc(F)cc2)c(OC)cc1Cl. The zero-order chi connectivity index (χ0) is 17.5. The highest BCUT2D eigenvalue weighted by atomic mass is 35.5. The van der Waals surface area contributed by atoms with Crippen LogP contribution in [0.5, 0.6) is 11.5 Å². The minimum Gasteiger partial charge on any atom is -0.495 e. The summed E-state index contributed by atoms with van der Waals surface area (Å²) in [5.41, 5.74) is 1.68. The second kappa shape index (κ2) is 8.70. The molecule has 2 rings (SSSR count). The molecule has 2 aromatic rings. The van der Waals surface area contributed by atoms with E-state index in [0.717, 1.165) is 12.0 Å². The highest BCUT2D eigenvalue weighted by Gasteiger charge is 2.11. The summed E-state index contributed by atoms with van der Waals surface area (Å²) in [7, 11) is 3.09. The summed E-state index contributed by atoms with van der Waals surface area (Å²) in [6, 6.07) is 9.76. The van der Waals surface area contributed by atoms with E-state index >= 15 is 0 Å². The van der Waals surface area contributed by atoms with Crippen LogP contribution in [0, 0.1) is 5.82 Å². The summed E-state index contributed by atoms with van der Waals surface area (Å²) in [6.07, 6.45) is 0.725. The van der Waals surface area contributed by atoms with E-state index in [0.29, 0.717) is 33.9 Å². The Balaban J connectivity index is 1.93. The van der Waals surface area contributed by atoms with Crippen molar-refractivity contribution in [3.8, 4) is 11.5 Å². The molecule has 0 aliphatic carbocycles. The summed E-state index contributed by atoms with van der Waals surface area (Å²) < 4.78 is 23.3. The predicted octanol–water partition coefficient (Wildman–Crippen LogP) is 4.03. The maximum absolute atomic E-state index is 12.9. The topological polar surface area (TPSA) is 42.5 Å². The van der Waals surface area contributed by atoms with E-state index in [4.69, 9.17) is 33.3 Å². The second-order valence-electron chi connectivity index (χ2n) is 4.94. The summed E-state index contributed by atoms with van der Waals surface area (Å²) in [6.45, 7) is 0.616. The van der Waals surface area contributed by atoms with Gasteiger partial charge in [-0.1, -0.05) is 23.7 Å². The molecule has 0 spiro atoms. The van der Waals surface area contributed by atoms with Gasteiger partial charge in [0, 0.05) is 18.7 Å². The lowest BCUT2D eigenvalue weighted by molar-refractivity contribution is 0.405. The third kappa shape index (κ3) is 4.97. The molecule has 2 N–H and O–H groups in total. The average Bonchev–Trinajstić information content (AvgIpc) is 2.57. The number of anilines is 1. The van der Waals surface area contributed by atoms with Gasteiger partial charge in [0.2, 0.25) is 0 Å². The van der Waals surface area contributed by atoms with Crippen molar-refractivity contribution in [1.29, 1.82) is 0 Å². The van der Waals surface area contributed by atoms with Crippen LogP contribution in [-0.4, -0.2) is 25.9 Å². The standard InChI is InChI=1S/C17H18ClFN2O2S/c1-22-15-10-14(16(23-2)9-13(15)18)21-17(24)20-8-7-11-3-5-12(19)6-4-11/h3-6,9-10H,7-8H2,1-2H3,(H2,20,21,24). The molecule has 7 heteroatoms. The van der Waals surface area contributed by atoms with Crippen molar-refractivity contribution in [2.75, 3.05) is 26.1 Å². The van der Waals surface area contributed by atoms with Crippen molar-refractivity contribution in [1.82, 2.24) is 5.32 Å². The molecule has 0 aliphatic rings. The molecule has 0 bridgehead atoms. The monoisotopic (exact) mass is 368 g/mol. The zero-order valence-electron chi connectivity index (χ0n) is 13.4. The van der Waals surface area contributed by atoms with Crippen molar-refractivity contribution in [3.05, 3.63) is 52.8 Å². The Morgan fingerprint density at radius 3 is 2.42 bits per heavy atom. The van der Waals surface area contributed by atoms with Gasteiger partial charge in [0.15, 0.2) is 5.11 Å². The second-order valence-corrected chi connectivity index (χ2v) is 5.76. The highest BCUT2D eigenvalue weighted by molar-refractivity contribution is 7.80. The summed E-state index contributed by atoms with van der Waals surface area (Å²) in [5.74, 6) is 0.838. The smallest absolute Gasteiger partial charge is 0.170 e. The molecule has 0 unspecified atom stereocenters. The minimum absolute atomic E-state index is 0.243. The van der Waals surface area contributed by atoms with Gasteiger partial charge < -0.3 is 20.1 Å². The van der Waals surface area contributed by atoms with Crippen LogP contribution >= 0.6 is 23.8 Å². The molecule has 0 aromatic heterocycles. The molecular formula is C17H18ClFN2O2S. The first-order valence-electron chi connectivity index (χ1n) is 7.24. The van der Waals surface area contributed by atoms with Crippen LogP contribution in [0.1, 0.15) is 5.56 Å². The Bertz CT molecular complexity index is 710. The van der Waals surface area contributed by atoms with E-state index in [1.54, 1.807) is 31.4 Å². The number of benzene rings is 2. The van der Waals surface area contributed by atoms with Gasteiger partial charge in [-0.05, 0) is 36.3 Å². The van der Waals surface area contributed by atoms with Crippen molar-refractivity contribution >= 4 is 34.6 Å². The third-order valence-electron chi connectivity index (χ3n) is 3.33. The molecular weight excluding hydrogens is 351 g/mol. The average molecular weight is 369 g/mol. The van der Waals surface area contributed by atoms with Gasteiger partial charge in [-0.25, -0.2) is 4.39 Å². The van der Waals surface area contributed by atoms with Gasteiger partial charge in [0.1, 0.15) is 17.3 Å². The minimum atomic E-state index is -0.243. The molecule has 0 radical (unpaired) electrons. The predicted molar refractivity (Wildman–Crippen MR) is 98.9 cm³/mol. The lowest BCUT2D eigenvalue weighted by Gasteiger charge is -2.15. The molecule has 0 amide bonds. The maximum Gasteiger partial charge on any atom is 0.170 e. The first kappa shape index (κ1) is 18.3. The normalized spacial score (nSPS) is 10.2. The van der Waals surface area contributed by atoms with Gasteiger partial charge in [-0.15, -0.1) is 0 Å². The fourth-order valence-corrected chi connectivity index (χ4v) is 2.54. The largest absolute Gasteiger partial charge is 0.495 e. The number of hydrogen-bond acceptors (Lipinski definition) is 3. The number of methoxy groups -OCH3 is 2. The van der Waals surface area contributed by atoms with Crippen LogP contribution in [0.4, 0.5) is 10.1 Å². The lowest BCUT2D eigenvalue weighted by atomic mass is 10.1. The number of ether oxygens (including phenoxy) is 2. The van der Waals surface area contributed by atoms with Crippen LogP contribution in [0.25, 0.3) is 0 Å². The molecule has 4 nitrogen and oxygen atoms in total. The van der Waals surface area contributed by atoms with Gasteiger partial charge in [-0.3, -0.25) is 0 Å². The van der Waals surface area contributed by atoms with Crippen LogP contribution in [-0.2, 0) is 6.42 Å². The molecule has 24 heavy (non-hydrogen) atoms. The summed E-state index contributed by atoms with van der Waals surface area (Å²) in [4.78, 5) is 0. The van der Waals surface area contributed by atoms with Crippen LogP contribution in [0.3, 0.4) is 0 Å². The number of thiocarbonyl (C=S) groups is 1. The van der Waals surface area contributed by atoms with E-state index in [2.05, 4.69) is 10.6 Å². The number of rotatable bonds is 6. The molecule has 0 atom stereocenters. The number of hydrogen-bond donors (Lipinski definition) is 2. The Morgan fingerprint density at radius 1 is 1.12 bits per heavy atom. The van der Waals surface area contributed by atoms with E-state index < -0.39 is 0 Å². The number of halogens is 2. The fraction of sp³-hybridized carbons (Fsp3) is 0.235. The Kier molecular flexibility index (Phi) is 6.63. The van der Waals surface area contributed by atoms with Crippen molar-refractivity contribution in [2.24, 2.45) is 0 Å². The zero-order valence-corrected chi connectivity index (χ0v) is 14.9. The first-order valence-corrected chi connectivity index (χ1v) is 8.03. The molecule has 0 fully saturated rings. The van der Waals surface area contributed by atoms with Gasteiger partial charge in [-0.2, -0.15) is 0 Å². The maximum atomic E-state index is 12.9. The molecule has 0 saturated carbocycles. The van der Waals surface area contributed by atoms with E-state index in [-0.39, 0.29) is 5.82 Å². The Hall–Kier alpha value is -2.05. The molecule has 0 heterocycles. The molecule has 128 valence electrons. The molecule has 2 aromatic carbocycles. The van der Waals surface area contributed by atoms with Crippen LogP contribution in [0.2, 0.25) is 5.02 Å². The summed E-state index contributed by atoms with van der Waals surface area (Å²) in [5, 5.41) is 7.05. The summed E-state index contributed by atoms with van der Waals surface area (Å²) >= 11 is 11.4. The van der Waals surface area contributed by atoms with Crippen molar-refractivity contribution in [3.63, 3.8) is 0 Å². The van der Waals surface area contributed by atoms with Crippen molar-refractivity contribution in [2.45, 2.75) is 6.42 Å². The highest BCUT2D eigenvalue weighted by Crippen LogP contribution is 2.35. The van der Waals surface area contributed by atoms with E-state index in [9.17, 15) is 4.39 Å². The van der Waals surface area contributed by atoms with Gasteiger partial charge in [0.25, 0.3) is 0 Å². The van der Waals surface area contributed by atoms with Crippen LogP contribution < -0.4 is 20.1 Å². The quantitative estimate of drug-likeness (QED) is 0.754. The Labute approximate surface area is 150 Å². The molecule has 0 aliphatic heterocycles. The van der Waals surface area contributed by atoms with Crippen LogP contribution in [0.15, 0.2) is 36.4 Å². The Morgan fingerprint density at radius 2 is 1.79 bits per heavy atom. The lowest BCUT2D eigenvalue weighted by Crippen LogP contribution is -2.30. The van der Waals surface area contributed by atoms with E-state index in [1.807, 2.05) is 0 Å². The van der Waals surface area contributed by atoms with Gasteiger partial charge in [0.05, 0.1) is 24.9 Å². The molecule has 0 saturated heterocycles. The third-order valence-corrected chi connectivity index (χ3v) is 3.88. The van der Waals surface area contributed by atoms with E-state index in [1.165, 1.54) is 19.2 Å². The number of nitrogens with one attached hydrogen (secondary N) is 2. The first-order chi connectivity index (χ1) is 11.5. The van der Waals surface area contributed by atoms with Crippen molar-refractivity contribution < 1.29 is 13.9 Å².